The van der Waals surface area contributed by atoms with Crippen molar-refractivity contribution in [1.29, 1.82) is 0 Å². The molecule has 0 saturated carbocycles. The number of hydrogen-bond acceptors (Lipinski definition) is 4. The van der Waals surface area contributed by atoms with Crippen LogP contribution in [0.25, 0.3) is 0 Å². The molecule has 2 aromatic rings. The molecule has 5 nitrogen and oxygen atoms in total. The molecule has 0 spiro atoms. The van der Waals surface area contributed by atoms with Crippen LogP contribution >= 0.6 is 11.6 Å². The summed E-state index contributed by atoms with van der Waals surface area (Å²) in [6.45, 7) is 2.98. The predicted octanol–water partition coefficient (Wildman–Crippen LogP) is 3.01. The van der Waals surface area contributed by atoms with Gasteiger partial charge in [0.15, 0.2) is 0 Å². The van der Waals surface area contributed by atoms with E-state index in [1.807, 2.05) is 6.07 Å². The summed E-state index contributed by atoms with van der Waals surface area (Å²) in [5.74, 6) is 0.199. The molecule has 1 aromatic carbocycles. The van der Waals surface area contributed by atoms with Crippen molar-refractivity contribution in [3.8, 4) is 5.75 Å². The maximum atomic E-state index is 12.1. The number of para-hydroxylation sites is 1. The van der Waals surface area contributed by atoms with E-state index in [4.69, 9.17) is 11.6 Å². The number of aryl methyl sites for hydroxylation is 1. The first kappa shape index (κ1) is 15.4. The zero-order valence-corrected chi connectivity index (χ0v) is 12.6. The molecule has 1 heterocycles. The summed E-state index contributed by atoms with van der Waals surface area (Å²) in [6.07, 6.45) is 3.41. The monoisotopic (exact) mass is 307 g/mol. The maximum absolute atomic E-state index is 12.1. The number of halogens is 1. The maximum Gasteiger partial charge on any atom is 0.287 e. The van der Waals surface area contributed by atoms with Gasteiger partial charge in [0, 0.05) is 18.7 Å². The first-order valence-corrected chi connectivity index (χ1v) is 7.27. The fraction of sp³-hybridized carbons (Fsp3) is 0.333. The van der Waals surface area contributed by atoms with E-state index in [0.29, 0.717) is 18.8 Å². The first-order valence-electron chi connectivity index (χ1n) is 6.89. The van der Waals surface area contributed by atoms with Crippen molar-refractivity contribution in [2.24, 2.45) is 0 Å². The second kappa shape index (κ2) is 7.13. The zero-order valence-electron chi connectivity index (χ0n) is 11.8. The normalized spacial score (nSPS) is 10.6. The molecule has 0 atom stereocenters. The molecule has 0 aliphatic carbocycles. The van der Waals surface area contributed by atoms with Crippen LogP contribution in [-0.2, 0) is 13.1 Å². The number of rotatable bonds is 6. The number of phenols is 1. The number of aromatic hydroxyl groups is 1. The third-order valence-electron chi connectivity index (χ3n) is 3.17. The van der Waals surface area contributed by atoms with Gasteiger partial charge in [0.05, 0.1) is 11.9 Å². The molecular weight excluding hydrogens is 290 g/mol. The molecule has 0 fully saturated rings. The number of benzene rings is 1. The predicted molar refractivity (Wildman–Crippen MR) is 83.8 cm³/mol. The van der Waals surface area contributed by atoms with Crippen LogP contribution in [0.5, 0.6) is 5.75 Å². The Hall–Kier alpha value is -2.01. The molecule has 0 unspecified atom stereocenters. The van der Waals surface area contributed by atoms with Gasteiger partial charge in [-0.05, 0) is 12.5 Å². The lowest BCUT2D eigenvalue weighted by Crippen LogP contribution is -2.24. The Labute approximate surface area is 128 Å². The van der Waals surface area contributed by atoms with Gasteiger partial charge >= 0.3 is 0 Å². The number of phenolic OH excluding ortho intramolecular Hbond substituents is 1. The molecule has 0 aliphatic heterocycles. The largest absolute Gasteiger partial charge is 0.508 e. The summed E-state index contributed by atoms with van der Waals surface area (Å²) >= 11 is 6.08. The highest BCUT2D eigenvalue weighted by molar-refractivity contribution is 6.32. The average Bonchev–Trinajstić information content (AvgIpc) is 2.49. The number of unbranched alkanes of at least 4 members (excludes halogenated alkanes) is 1. The van der Waals surface area contributed by atoms with Crippen LogP contribution < -0.4 is 10.9 Å². The molecule has 0 amide bonds. The van der Waals surface area contributed by atoms with Crippen LogP contribution in [0.3, 0.4) is 0 Å². The van der Waals surface area contributed by atoms with E-state index in [0.717, 1.165) is 18.4 Å². The molecule has 0 saturated heterocycles. The summed E-state index contributed by atoms with van der Waals surface area (Å²) in [5.41, 5.74) is 0.897. The van der Waals surface area contributed by atoms with E-state index in [-0.39, 0.29) is 16.3 Å². The third-order valence-corrected chi connectivity index (χ3v) is 3.53. The minimum absolute atomic E-state index is 0.122. The molecule has 1 aromatic heterocycles. The van der Waals surface area contributed by atoms with E-state index in [9.17, 15) is 9.90 Å². The second-order valence-electron chi connectivity index (χ2n) is 4.74. The number of aromatic nitrogens is 2. The Kier molecular flexibility index (Phi) is 5.22. The number of hydrogen-bond donors (Lipinski definition) is 2. The van der Waals surface area contributed by atoms with E-state index in [2.05, 4.69) is 17.3 Å². The van der Waals surface area contributed by atoms with Crippen molar-refractivity contribution < 1.29 is 5.11 Å². The van der Waals surface area contributed by atoms with E-state index in [1.54, 1.807) is 24.4 Å². The Morgan fingerprint density at radius 3 is 2.86 bits per heavy atom. The van der Waals surface area contributed by atoms with Gasteiger partial charge in [0.25, 0.3) is 5.56 Å². The number of nitrogens with one attached hydrogen (secondary N) is 1. The van der Waals surface area contributed by atoms with E-state index in [1.165, 1.54) is 4.68 Å². The lowest BCUT2D eigenvalue weighted by Gasteiger charge is -2.11. The van der Waals surface area contributed by atoms with Gasteiger partial charge in [0.2, 0.25) is 0 Å². The van der Waals surface area contributed by atoms with Crippen molar-refractivity contribution in [1.82, 2.24) is 9.78 Å². The van der Waals surface area contributed by atoms with Crippen LogP contribution in [0, 0.1) is 0 Å². The molecule has 0 radical (unpaired) electrons. The minimum atomic E-state index is -0.299. The van der Waals surface area contributed by atoms with Crippen LogP contribution in [0.15, 0.2) is 35.3 Å². The highest BCUT2D eigenvalue weighted by Crippen LogP contribution is 2.20. The highest BCUT2D eigenvalue weighted by Gasteiger charge is 2.09. The third kappa shape index (κ3) is 3.76. The summed E-state index contributed by atoms with van der Waals surface area (Å²) in [4.78, 5) is 12.1. The summed E-state index contributed by atoms with van der Waals surface area (Å²) in [7, 11) is 0. The quantitative estimate of drug-likeness (QED) is 0.861. The van der Waals surface area contributed by atoms with Gasteiger partial charge < -0.3 is 10.4 Å². The standard InChI is InChI=1S/C15H18ClN3O2/c1-2-3-8-19-15(21)14(16)12(10-18-19)17-9-11-6-4-5-7-13(11)20/h4-7,10,17,20H,2-3,8-9H2,1H3. The summed E-state index contributed by atoms with van der Waals surface area (Å²) < 4.78 is 1.37. The van der Waals surface area contributed by atoms with Crippen molar-refractivity contribution in [3.05, 3.63) is 51.4 Å². The molecule has 2 rings (SSSR count). The van der Waals surface area contributed by atoms with Crippen LogP contribution in [0.1, 0.15) is 25.3 Å². The van der Waals surface area contributed by atoms with Crippen molar-refractivity contribution in [2.45, 2.75) is 32.9 Å². The van der Waals surface area contributed by atoms with Crippen LogP contribution in [0.2, 0.25) is 5.02 Å². The molecule has 0 aliphatic rings. The molecule has 2 N–H and O–H groups in total. The molecule has 21 heavy (non-hydrogen) atoms. The first-order chi connectivity index (χ1) is 10.1. The van der Waals surface area contributed by atoms with Gasteiger partial charge in [-0.25, -0.2) is 4.68 Å². The van der Waals surface area contributed by atoms with Gasteiger partial charge in [-0.15, -0.1) is 0 Å². The van der Waals surface area contributed by atoms with E-state index >= 15 is 0 Å². The Morgan fingerprint density at radius 1 is 1.38 bits per heavy atom. The molecular formula is C15H18ClN3O2. The van der Waals surface area contributed by atoms with Crippen LogP contribution in [0.4, 0.5) is 5.69 Å². The fourth-order valence-electron chi connectivity index (χ4n) is 1.91. The lowest BCUT2D eigenvalue weighted by molar-refractivity contribution is 0.469. The number of anilines is 1. The minimum Gasteiger partial charge on any atom is -0.508 e. The summed E-state index contributed by atoms with van der Waals surface area (Å²) in [5, 5.41) is 17.0. The van der Waals surface area contributed by atoms with Crippen molar-refractivity contribution in [2.75, 3.05) is 5.32 Å². The lowest BCUT2D eigenvalue weighted by atomic mass is 10.2. The Morgan fingerprint density at radius 2 is 2.14 bits per heavy atom. The molecule has 112 valence electrons. The Balaban J connectivity index is 2.13. The van der Waals surface area contributed by atoms with Gasteiger partial charge in [-0.3, -0.25) is 4.79 Å². The highest BCUT2D eigenvalue weighted by atomic mass is 35.5. The smallest absolute Gasteiger partial charge is 0.287 e. The Bertz CT molecular complexity index is 670. The van der Waals surface area contributed by atoms with Gasteiger partial charge in [0.1, 0.15) is 10.8 Å². The van der Waals surface area contributed by atoms with Gasteiger partial charge in [-0.2, -0.15) is 5.10 Å². The molecule has 6 heteroatoms. The fourth-order valence-corrected chi connectivity index (χ4v) is 2.12. The van der Waals surface area contributed by atoms with Crippen molar-refractivity contribution in [3.63, 3.8) is 0 Å². The van der Waals surface area contributed by atoms with E-state index < -0.39 is 0 Å². The van der Waals surface area contributed by atoms with Crippen LogP contribution in [-0.4, -0.2) is 14.9 Å². The second-order valence-corrected chi connectivity index (χ2v) is 5.11. The van der Waals surface area contributed by atoms with Gasteiger partial charge in [-0.1, -0.05) is 43.1 Å². The SMILES string of the molecule is CCCCn1ncc(NCc2ccccc2O)c(Cl)c1=O. The van der Waals surface area contributed by atoms with Crippen molar-refractivity contribution >= 4 is 17.3 Å². The average molecular weight is 308 g/mol. The summed E-state index contributed by atoms with van der Waals surface area (Å²) in [6, 6.07) is 6.99. The topological polar surface area (TPSA) is 67.2 Å². The number of nitrogens with zero attached hydrogens (tertiary/aromatic N) is 2. The zero-order chi connectivity index (χ0) is 15.2. The molecule has 0 bridgehead atoms.